The Morgan fingerprint density at radius 3 is 2.26 bits per heavy atom. The van der Waals surface area contributed by atoms with E-state index in [1.807, 2.05) is 10.8 Å². The molecule has 2 aliphatic heterocycles. The van der Waals surface area contributed by atoms with Crippen molar-refractivity contribution in [3.8, 4) is 5.69 Å². The Balaban J connectivity index is 1.44. The quantitative estimate of drug-likeness (QED) is 0.131. The molecule has 1 unspecified atom stereocenters. The van der Waals surface area contributed by atoms with Crippen molar-refractivity contribution >= 4 is 50.5 Å². The Hall–Kier alpha value is -3.73. The third-order valence-corrected chi connectivity index (χ3v) is 13.7. The maximum Gasteiger partial charge on any atom is 0.374 e. The van der Waals surface area contributed by atoms with E-state index < -0.39 is 10.2 Å². The number of pyridine rings is 1. The largest absolute Gasteiger partial charge is 0.515 e. The van der Waals surface area contributed by atoms with Gasteiger partial charge in [0.1, 0.15) is 13.1 Å². The molecule has 9 heteroatoms. The van der Waals surface area contributed by atoms with Crippen LogP contribution in [0.5, 0.6) is 0 Å². The highest BCUT2D eigenvalue weighted by Gasteiger charge is 2.33. The van der Waals surface area contributed by atoms with Crippen LogP contribution < -0.4 is 19.3 Å². The predicted molar refractivity (Wildman–Crippen MR) is 198 cm³/mol. The first-order valence-corrected chi connectivity index (χ1v) is 19.0. The van der Waals surface area contributed by atoms with Crippen molar-refractivity contribution in [3.05, 3.63) is 113 Å². The molecule has 47 heavy (non-hydrogen) atoms. The van der Waals surface area contributed by atoms with Gasteiger partial charge in [-0.05, 0) is 43.2 Å². The van der Waals surface area contributed by atoms with Crippen LogP contribution in [-0.4, -0.2) is 68.9 Å². The van der Waals surface area contributed by atoms with Crippen molar-refractivity contribution in [1.82, 2.24) is 4.31 Å². The van der Waals surface area contributed by atoms with Crippen LogP contribution in [-0.2, 0) is 0 Å². The Kier molecular flexibility index (Phi) is 10.3. The van der Waals surface area contributed by atoms with Crippen molar-refractivity contribution in [2.45, 2.75) is 29.1 Å². The number of para-hydroxylation sites is 2. The van der Waals surface area contributed by atoms with Crippen molar-refractivity contribution < 1.29 is 24.6 Å². The zero-order chi connectivity index (χ0) is 33.0. The van der Waals surface area contributed by atoms with Crippen molar-refractivity contribution in [3.63, 3.8) is 0 Å². The first kappa shape index (κ1) is 33.2. The first-order valence-electron chi connectivity index (χ1n) is 16.5. The van der Waals surface area contributed by atoms with Gasteiger partial charge in [-0.15, -0.1) is 14.8 Å². The molecule has 246 valence electrons. The highest BCUT2D eigenvalue weighted by Crippen LogP contribution is 2.63. The van der Waals surface area contributed by atoms with Gasteiger partial charge in [0.05, 0.1) is 55.8 Å². The Morgan fingerprint density at radius 1 is 0.851 bits per heavy atom. The lowest BCUT2D eigenvalue weighted by Gasteiger charge is -2.46. The number of fused-ring (bicyclic) bond motifs is 2. The molecule has 1 saturated heterocycles. The van der Waals surface area contributed by atoms with E-state index in [1.54, 1.807) is 11.8 Å². The Bertz CT molecular complexity index is 1790. The zero-order valence-electron chi connectivity index (χ0n) is 27.9. The summed E-state index contributed by atoms with van der Waals surface area (Å²) in [5.74, 6) is 1.23. The molecule has 6 rings (SSSR count). The topological polar surface area (TPSA) is 59.7 Å². The number of nitrogens with one attached hydrogen (secondary N) is 2. The third-order valence-electron chi connectivity index (χ3n) is 9.21. The lowest BCUT2D eigenvalue weighted by molar-refractivity contribution is -0.919. The van der Waals surface area contributed by atoms with Gasteiger partial charge in [0, 0.05) is 64.5 Å². The number of thioether (sulfide) groups is 1. The average Bonchev–Trinajstić information content (AvgIpc) is 3.41. The van der Waals surface area contributed by atoms with E-state index in [-0.39, 0.29) is 0 Å². The number of aliphatic hydroxyl groups is 2. The number of quaternary nitrogens is 2. The fourth-order valence-electron chi connectivity index (χ4n) is 6.68. The third kappa shape index (κ3) is 6.68. The second kappa shape index (κ2) is 14.6. The van der Waals surface area contributed by atoms with Crippen LogP contribution in [0.2, 0.25) is 0 Å². The fourth-order valence-corrected chi connectivity index (χ4v) is 10.8. The van der Waals surface area contributed by atoms with Crippen LogP contribution in [0.1, 0.15) is 24.8 Å². The molecule has 0 bridgehead atoms. The number of rotatable bonds is 10. The maximum atomic E-state index is 10.0. The molecule has 1 fully saturated rings. The van der Waals surface area contributed by atoms with Crippen LogP contribution in [0.3, 0.4) is 0 Å². The fraction of sp³-hybridized carbons (Fsp3) is 0.289. The van der Waals surface area contributed by atoms with Crippen LogP contribution >= 0.6 is 22.0 Å². The van der Waals surface area contributed by atoms with E-state index in [1.165, 1.54) is 43.4 Å². The second-order valence-corrected chi connectivity index (χ2v) is 16.6. The Morgan fingerprint density at radius 2 is 1.55 bits per heavy atom. The molecule has 0 radical (unpaired) electrons. The highest BCUT2D eigenvalue weighted by atomic mass is 32.3. The molecule has 0 amide bonds. The molecule has 4 aromatic rings. The minimum absolute atomic E-state index is 0.942. The minimum atomic E-state index is -1.87. The van der Waals surface area contributed by atoms with Crippen molar-refractivity contribution in [1.29, 1.82) is 0 Å². The number of aliphatic hydroxyl groups excluding tert-OH is 2. The van der Waals surface area contributed by atoms with Crippen molar-refractivity contribution in [2.75, 3.05) is 59.3 Å². The van der Waals surface area contributed by atoms with E-state index in [0.717, 1.165) is 72.8 Å². The van der Waals surface area contributed by atoms with Crippen LogP contribution in [0, 0.1) is 0 Å². The SMILES string of the molecule is CN1/C(=C/c2cc([NH+](C)CC[NH+](C)C)[n+](-c3ccccc3)c3ccccc23)Sc2cc(S(C=CO)(C=CO)N3CCCCC3)ccc21. The van der Waals surface area contributed by atoms with E-state index in [9.17, 15) is 10.2 Å². The van der Waals surface area contributed by atoms with Gasteiger partial charge in [0.15, 0.2) is 0 Å². The standard InChI is InChI=1S/C38H45N5O2S2/c1-39(2)21-22-40(3)37-27-30(33-15-9-10-16-34(33)43(37)31-13-7-5-8-14-31)28-38-41(4)35-18-17-32(29-36(35)46-38)47(25-23-44,26-24-45)42-19-11-6-12-20-42/h5,7-10,13-18,23-29H,6,11-12,19-22H2,1-4H3,(H-,44,45)/p+3. The smallest absolute Gasteiger partial charge is 0.374 e. The number of hydrogen-bond acceptors (Lipinski definition) is 5. The van der Waals surface area contributed by atoms with Gasteiger partial charge in [0.25, 0.3) is 0 Å². The van der Waals surface area contributed by atoms with Crippen LogP contribution in [0.15, 0.2) is 117 Å². The van der Waals surface area contributed by atoms with Crippen molar-refractivity contribution in [2.24, 2.45) is 0 Å². The lowest BCUT2D eigenvalue weighted by Crippen LogP contribution is -3.14. The lowest BCUT2D eigenvalue weighted by atomic mass is 10.1. The molecule has 3 aromatic carbocycles. The van der Waals surface area contributed by atoms with E-state index in [4.69, 9.17) is 0 Å². The zero-order valence-corrected chi connectivity index (χ0v) is 29.5. The normalized spacial score (nSPS) is 19.2. The summed E-state index contributed by atoms with van der Waals surface area (Å²) in [5.41, 5.74) is 4.71. The Labute approximate surface area is 285 Å². The van der Waals surface area contributed by atoms with Crippen LogP contribution in [0.25, 0.3) is 22.7 Å². The molecule has 7 nitrogen and oxygen atoms in total. The van der Waals surface area contributed by atoms with Gasteiger partial charge in [0.2, 0.25) is 11.2 Å². The maximum absolute atomic E-state index is 10.0. The molecule has 3 heterocycles. The summed E-state index contributed by atoms with van der Waals surface area (Å²) < 4.78 is 4.85. The number of benzene rings is 3. The van der Waals surface area contributed by atoms with Gasteiger partial charge in [-0.25, -0.2) is 4.90 Å². The number of nitrogens with zero attached hydrogens (tertiary/aromatic N) is 3. The molecule has 0 saturated carbocycles. The molecular formula is C38H48N5O2S2+3. The van der Waals surface area contributed by atoms with E-state index in [2.05, 4.69) is 127 Å². The molecule has 4 N–H and O–H groups in total. The van der Waals surface area contributed by atoms with Gasteiger partial charge >= 0.3 is 5.82 Å². The molecule has 1 atom stereocenters. The minimum Gasteiger partial charge on any atom is -0.515 e. The number of aromatic nitrogens is 1. The van der Waals surface area contributed by atoms with E-state index in [0.29, 0.717) is 0 Å². The summed E-state index contributed by atoms with van der Waals surface area (Å²) >= 11 is 1.78. The van der Waals surface area contributed by atoms with Crippen LogP contribution in [0.4, 0.5) is 11.5 Å². The summed E-state index contributed by atoms with van der Waals surface area (Å²) in [4.78, 5) is 7.38. The molecular weight excluding hydrogens is 623 g/mol. The predicted octanol–water partition coefficient (Wildman–Crippen LogP) is 5.57. The van der Waals surface area contributed by atoms with Gasteiger partial charge < -0.3 is 20.0 Å². The second-order valence-electron chi connectivity index (χ2n) is 12.7. The summed E-state index contributed by atoms with van der Waals surface area (Å²) in [5, 5.41) is 26.2. The first-order chi connectivity index (χ1) is 22.9. The number of likely N-dealkylation sites (N-methyl/N-ethyl adjacent to an activating group) is 2. The van der Waals surface area contributed by atoms with E-state index >= 15 is 0 Å². The van der Waals surface area contributed by atoms with Gasteiger partial charge in [-0.1, -0.05) is 48.5 Å². The molecule has 2 aliphatic rings. The molecule has 0 aliphatic carbocycles. The summed E-state index contributed by atoms with van der Waals surface area (Å²) in [6, 6.07) is 28.4. The monoisotopic (exact) mass is 670 g/mol. The average molecular weight is 671 g/mol. The molecule has 0 spiro atoms. The number of piperidine rings is 1. The number of anilines is 1. The number of hydrogen-bond donors (Lipinski definition) is 4. The summed E-state index contributed by atoms with van der Waals surface area (Å²) in [7, 11) is 6.97. The molecule has 1 aromatic heterocycles. The summed E-state index contributed by atoms with van der Waals surface area (Å²) in [6.45, 7) is 3.96. The van der Waals surface area contributed by atoms with Gasteiger partial charge in [-0.3, -0.25) is 4.31 Å². The van der Waals surface area contributed by atoms with Gasteiger partial charge in [-0.2, -0.15) is 0 Å². The summed E-state index contributed by atoms with van der Waals surface area (Å²) in [6.07, 6.45) is 8.09. The highest BCUT2D eigenvalue weighted by molar-refractivity contribution is 8.36.